The minimum absolute atomic E-state index is 0.129. The zero-order valence-electron chi connectivity index (χ0n) is 19.2. The van der Waals surface area contributed by atoms with E-state index in [0.717, 1.165) is 22.4 Å². The van der Waals surface area contributed by atoms with E-state index in [1.807, 2.05) is 55.5 Å². The Morgan fingerprint density at radius 3 is 2.86 bits per heavy atom. The Kier molecular flexibility index (Phi) is 5.85. The number of hydrogen-bond acceptors (Lipinski definition) is 7. The average molecular weight is 467 g/mol. The molecule has 1 atom stereocenters. The average Bonchev–Trinajstić information content (AvgIpc) is 3.23. The summed E-state index contributed by atoms with van der Waals surface area (Å²) in [6, 6.07) is 15.1. The largest absolute Gasteiger partial charge is 0.497 e. The summed E-state index contributed by atoms with van der Waals surface area (Å²) in [5, 5.41) is 15.9. The molecule has 174 valence electrons. The summed E-state index contributed by atoms with van der Waals surface area (Å²) in [6.45, 7) is 2.07. The van der Waals surface area contributed by atoms with Crippen LogP contribution in [0.4, 0.5) is 5.82 Å². The van der Waals surface area contributed by atoms with Crippen molar-refractivity contribution in [3.8, 4) is 41.0 Å². The number of terminal acetylenes is 1. The molecule has 0 bridgehead atoms. The number of hydrogen-bond donors (Lipinski definition) is 1. The van der Waals surface area contributed by atoms with Gasteiger partial charge < -0.3 is 14.8 Å². The number of anilines is 1. The molecule has 0 saturated heterocycles. The number of aryl methyl sites for hydroxylation is 1. The first-order valence-corrected chi connectivity index (χ1v) is 11.0. The molecule has 1 aliphatic heterocycles. The van der Waals surface area contributed by atoms with Crippen molar-refractivity contribution in [2.45, 2.75) is 19.3 Å². The third-order valence-corrected chi connectivity index (χ3v) is 5.79. The third-order valence-electron chi connectivity index (χ3n) is 5.79. The molecule has 1 amide bonds. The molecule has 3 heterocycles. The highest BCUT2D eigenvalue weighted by Crippen LogP contribution is 2.40. The van der Waals surface area contributed by atoms with Crippen LogP contribution >= 0.6 is 0 Å². The van der Waals surface area contributed by atoms with E-state index in [-0.39, 0.29) is 30.8 Å². The quantitative estimate of drug-likeness (QED) is 0.434. The van der Waals surface area contributed by atoms with Crippen molar-refractivity contribution in [2.75, 3.05) is 19.0 Å². The molecule has 5 rings (SSSR count). The Bertz CT molecular complexity index is 1460. The van der Waals surface area contributed by atoms with E-state index >= 15 is 0 Å². The summed E-state index contributed by atoms with van der Waals surface area (Å²) >= 11 is 0. The molecule has 2 aromatic carbocycles. The second-order valence-electron chi connectivity index (χ2n) is 8.00. The number of benzene rings is 2. The highest BCUT2D eigenvalue weighted by atomic mass is 16.5. The van der Waals surface area contributed by atoms with Crippen molar-refractivity contribution >= 4 is 11.7 Å². The summed E-state index contributed by atoms with van der Waals surface area (Å²) in [5.74, 6) is 4.26. The predicted molar refractivity (Wildman–Crippen MR) is 130 cm³/mol. The van der Waals surface area contributed by atoms with Crippen molar-refractivity contribution in [3.63, 3.8) is 0 Å². The maximum Gasteiger partial charge on any atom is 0.272 e. The van der Waals surface area contributed by atoms with Gasteiger partial charge >= 0.3 is 0 Å². The fraction of sp³-hybridized carbons (Fsp3) is 0.192. The number of carbonyl (C=O) groups is 1. The van der Waals surface area contributed by atoms with Gasteiger partial charge in [-0.05, 0) is 36.8 Å². The number of aromatic nitrogens is 5. The van der Waals surface area contributed by atoms with Gasteiger partial charge in [0, 0.05) is 23.5 Å². The van der Waals surface area contributed by atoms with Gasteiger partial charge in [0.05, 0.1) is 24.7 Å². The van der Waals surface area contributed by atoms with Crippen molar-refractivity contribution in [1.82, 2.24) is 25.0 Å². The van der Waals surface area contributed by atoms with E-state index in [4.69, 9.17) is 15.9 Å². The Morgan fingerprint density at radius 2 is 2.03 bits per heavy atom. The van der Waals surface area contributed by atoms with Crippen LogP contribution in [0.1, 0.15) is 29.2 Å². The Hall–Kier alpha value is -4.71. The lowest BCUT2D eigenvalue weighted by molar-refractivity contribution is -0.116. The topological polar surface area (TPSA) is 104 Å². The molecule has 35 heavy (non-hydrogen) atoms. The molecule has 2 aromatic heterocycles. The molecule has 4 aromatic rings. The number of rotatable bonds is 6. The molecule has 9 heteroatoms. The van der Waals surface area contributed by atoms with Gasteiger partial charge in [-0.1, -0.05) is 30.2 Å². The van der Waals surface area contributed by atoms with Crippen LogP contribution in [-0.2, 0) is 4.79 Å². The number of fused-ring (bicyclic) bond motifs is 1. The fourth-order valence-corrected chi connectivity index (χ4v) is 4.23. The second kappa shape index (κ2) is 9.27. The van der Waals surface area contributed by atoms with E-state index in [0.29, 0.717) is 23.0 Å². The normalized spacial score (nSPS) is 14.5. The molecule has 1 aliphatic rings. The number of amides is 1. The smallest absolute Gasteiger partial charge is 0.272 e. The van der Waals surface area contributed by atoms with Gasteiger partial charge in [0.15, 0.2) is 0 Å². The van der Waals surface area contributed by atoms with Crippen LogP contribution in [0.5, 0.6) is 11.5 Å². The van der Waals surface area contributed by atoms with Crippen LogP contribution in [0.15, 0.2) is 54.7 Å². The second-order valence-corrected chi connectivity index (χ2v) is 8.00. The Balaban J connectivity index is 1.56. The molecule has 1 N–H and O–H groups in total. The Morgan fingerprint density at radius 1 is 1.20 bits per heavy atom. The van der Waals surface area contributed by atoms with Crippen LogP contribution in [-0.4, -0.2) is 44.6 Å². The van der Waals surface area contributed by atoms with Gasteiger partial charge in [0.25, 0.3) is 5.95 Å². The van der Waals surface area contributed by atoms with Gasteiger partial charge in [-0.2, -0.15) is 14.9 Å². The molecule has 9 nitrogen and oxygen atoms in total. The van der Waals surface area contributed by atoms with E-state index in [9.17, 15) is 4.79 Å². The van der Waals surface area contributed by atoms with Gasteiger partial charge in [0.2, 0.25) is 5.91 Å². The summed E-state index contributed by atoms with van der Waals surface area (Å²) in [7, 11) is 1.61. The Labute approximate surface area is 202 Å². The summed E-state index contributed by atoms with van der Waals surface area (Å²) in [5.41, 5.74) is 4.02. The molecule has 0 fully saturated rings. The standard InChI is InChI=1S/C26H22N6O3/c1-4-11-35-20-10-5-7-17(12-20)21-14-23(33)29-25-24(21)16(2)31-32(25)26-28-22(15-27-30-26)18-8-6-9-19(13-18)34-3/h1,5-10,12-13,15,21H,11,14H2,2-3H3,(H,29,33). The third kappa shape index (κ3) is 4.29. The number of nitrogens with one attached hydrogen (secondary N) is 1. The monoisotopic (exact) mass is 466 g/mol. The number of methoxy groups -OCH3 is 1. The minimum atomic E-state index is -0.212. The van der Waals surface area contributed by atoms with Crippen LogP contribution in [0.25, 0.3) is 17.2 Å². The first-order valence-electron chi connectivity index (χ1n) is 11.0. The van der Waals surface area contributed by atoms with Crippen LogP contribution < -0.4 is 14.8 Å². The lowest BCUT2D eigenvalue weighted by Crippen LogP contribution is -2.25. The van der Waals surface area contributed by atoms with Crippen molar-refractivity contribution in [2.24, 2.45) is 0 Å². The maximum atomic E-state index is 12.7. The van der Waals surface area contributed by atoms with Crippen molar-refractivity contribution < 1.29 is 14.3 Å². The lowest BCUT2D eigenvalue weighted by Gasteiger charge is -2.24. The molecule has 0 saturated carbocycles. The summed E-state index contributed by atoms with van der Waals surface area (Å²) in [4.78, 5) is 17.4. The first kappa shape index (κ1) is 22.1. The molecule has 0 spiro atoms. The SMILES string of the molecule is C#CCOc1cccc(C2CC(=O)Nc3c2c(C)nn3-c2nncc(-c3cccc(OC)c3)n2)c1. The van der Waals surface area contributed by atoms with Gasteiger partial charge in [-0.25, -0.2) is 4.98 Å². The zero-order chi connectivity index (χ0) is 24.4. The zero-order valence-corrected chi connectivity index (χ0v) is 19.2. The number of nitrogens with zero attached hydrogens (tertiary/aromatic N) is 5. The fourth-order valence-electron chi connectivity index (χ4n) is 4.23. The van der Waals surface area contributed by atoms with Crippen LogP contribution in [0.3, 0.4) is 0 Å². The van der Waals surface area contributed by atoms with E-state index in [2.05, 4.69) is 31.5 Å². The van der Waals surface area contributed by atoms with Gasteiger partial charge in [0.1, 0.15) is 23.9 Å². The predicted octanol–water partition coefficient (Wildman–Crippen LogP) is 3.53. The maximum absolute atomic E-state index is 12.7. The van der Waals surface area contributed by atoms with Crippen molar-refractivity contribution in [3.05, 3.63) is 71.5 Å². The first-order chi connectivity index (χ1) is 17.1. The van der Waals surface area contributed by atoms with E-state index < -0.39 is 0 Å². The molecular formula is C26H22N6O3. The van der Waals surface area contributed by atoms with Crippen LogP contribution in [0, 0.1) is 19.3 Å². The van der Waals surface area contributed by atoms with Crippen molar-refractivity contribution in [1.29, 1.82) is 0 Å². The van der Waals surface area contributed by atoms with Crippen LogP contribution in [0.2, 0.25) is 0 Å². The van der Waals surface area contributed by atoms with E-state index in [1.54, 1.807) is 13.3 Å². The number of carbonyl (C=O) groups excluding carboxylic acids is 1. The number of ether oxygens (including phenoxy) is 2. The highest BCUT2D eigenvalue weighted by Gasteiger charge is 2.33. The van der Waals surface area contributed by atoms with Gasteiger partial charge in [-0.15, -0.1) is 11.5 Å². The highest BCUT2D eigenvalue weighted by molar-refractivity contribution is 5.95. The molecule has 0 aliphatic carbocycles. The van der Waals surface area contributed by atoms with Gasteiger partial charge in [-0.3, -0.25) is 4.79 Å². The minimum Gasteiger partial charge on any atom is -0.497 e. The molecule has 0 radical (unpaired) electrons. The summed E-state index contributed by atoms with van der Waals surface area (Å²) < 4.78 is 12.4. The molecular weight excluding hydrogens is 444 g/mol. The summed E-state index contributed by atoms with van der Waals surface area (Å²) in [6.07, 6.45) is 7.17. The van der Waals surface area contributed by atoms with E-state index in [1.165, 1.54) is 4.68 Å². The molecule has 1 unspecified atom stereocenters. The lowest BCUT2D eigenvalue weighted by atomic mass is 9.86.